The molecule has 0 aliphatic heterocycles. The molecule has 6 heteroatoms. The van der Waals surface area contributed by atoms with Gasteiger partial charge in [-0.2, -0.15) is 0 Å². The molecule has 4 aromatic heterocycles. The van der Waals surface area contributed by atoms with Gasteiger partial charge in [-0.15, -0.1) is 0 Å². The molecule has 0 spiro atoms. The summed E-state index contributed by atoms with van der Waals surface area (Å²) < 4.78 is 6.49. The number of hydrogen-bond acceptors (Lipinski definition) is 3. The topological polar surface area (TPSA) is 52.9 Å². The fraction of sp³-hybridized carbons (Fsp3) is 0. The second-order valence-electron chi connectivity index (χ2n) is 10.3. The van der Waals surface area contributed by atoms with Crippen LogP contribution in [0.15, 0.2) is 134 Å². The van der Waals surface area contributed by atoms with Crippen molar-refractivity contribution in [1.29, 1.82) is 0 Å². The second-order valence-corrected chi connectivity index (χ2v) is 10.3. The Morgan fingerprint density at radius 2 is 1.21 bits per heavy atom. The SMILES string of the molecule is C=Cc1c(C=C)n2c(nc3c4ccccc4n(-c4ccccc4)c32)n1-c1cc(-c2ccccc2)nc(-c2ccccc2)n1. The van der Waals surface area contributed by atoms with Crippen molar-refractivity contribution < 1.29 is 0 Å². The van der Waals surface area contributed by atoms with Crippen LogP contribution in [0.2, 0.25) is 0 Å². The highest BCUT2D eigenvalue weighted by Crippen LogP contribution is 2.36. The van der Waals surface area contributed by atoms with Crippen molar-refractivity contribution in [3.05, 3.63) is 146 Å². The maximum Gasteiger partial charge on any atom is 0.223 e. The van der Waals surface area contributed by atoms with Crippen molar-refractivity contribution in [2.45, 2.75) is 0 Å². The highest BCUT2D eigenvalue weighted by atomic mass is 15.3. The number of nitrogens with zero attached hydrogens (tertiary/aromatic N) is 6. The summed E-state index contributed by atoms with van der Waals surface area (Å²) >= 11 is 0. The van der Waals surface area contributed by atoms with E-state index in [4.69, 9.17) is 15.0 Å². The van der Waals surface area contributed by atoms with Crippen LogP contribution in [0.1, 0.15) is 11.4 Å². The van der Waals surface area contributed by atoms with E-state index in [1.165, 1.54) is 0 Å². The number of aromatic nitrogens is 6. The van der Waals surface area contributed by atoms with Gasteiger partial charge in [-0.3, -0.25) is 13.5 Å². The minimum Gasteiger partial charge on any atom is -0.294 e. The molecule has 0 fully saturated rings. The van der Waals surface area contributed by atoms with Gasteiger partial charge in [-0.05, 0) is 30.4 Å². The van der Waals surface area contributed by atoms with E-state index in [1.54, 1.807) is 0 Å². The molecule has 0 amide bonds. The van der Waals surface area contributed by atoms with Crippen molar-refractivity contribution in [2.75, 3.05) is 0 Å². The van der Waals surface area contributed by atoms with E-state index in [9.17, 15) is 0 Å². The molecule has 6 nitrogen and oxygen atoms in total. The summed E-state index contributed by atoms with van der Waals surface area (Å²) in [5.74, 6) is 2.06. The predicted molar refractivity (Wildman–Crippen MR) is 176 cm³/mol. The third-order valence-electron chi connectivity index (χ3n) is 7.84. The summed E-state index contributed by atoms with van der Waals surface area (Å²) in [6, 6.07) is 41.0. The molecule has 0 saturated heterocycles. The van der Waals surface area contributed by atoms with E-state index in [1.807, 2.05) is 72.8 Å². The third-order valence-corrected chi connectivity index (χ3v) is 7.84. The lowest BCUT2D eigenvalue weighted by Gasteiger charge is -2.11. The molecule has 0 N–H and O–H groups in total. The fourth-order valence-corrected chi connectivity index (χ4v) is 5.96. The first kappa shape index (κ1) is 24.8. The van der Waals surface area contributed by atoms with Gasteiger partial charge in [-0.25, -0.2) is 15.0 Å². The molecule has 0 saturated carbocycles. The summed E-state index contributed by atoms with van der Waals surface area (Å²) in [4.78, 5) is 15.4. The summed E-state index contributed by atoms with van der Waals surface area (Å²) in [6.07, 6.45) is 3.71. The van der Waals surface area contributed by atoms with Crippen LogP contribution in [-0.2, 0) is 0 Å². The van der Waals surface area contributed by atoms with Crippen molar-refractivity contribution in [2.24, 2.45) is 0 Å². The zero-order valence-corrected chi connectivity index (χ0v) is 23.3. The number of fused-ring (bicyclic) bond motifs is 5. The Labute approximate surface area is 248 Å². The molecule has 0 radical (unpaired) electrons. The van der Waals surface area contributed by atoms with Crippen LogP contribution < -0.4 is 0 Å². The number of hydrogen-bond donors (Lipinski definition) is 0. The smallest absolute Gasteiger partial charge is 0.223 e. The molecule has 0 atom stereocenters. The van der Waals surface area contributed by atoms with Gasteiger partial charge < -0.3 is 0 Å². The summed E-state index contributed by atoms with van der Waals surface area (Å²) in [7, 11) is 0. The Balaban J connectivity index is 1.50. The monoisotopic (exact) mass is 554 g/mol. The molecule has 0 aliphatic rings. The minimum atomic E-state index is 0.634. The Hall–Kier alpha value is -6.01. The fourth-order valence-electron chi connectivity index (χ4n) is 5.96. The lowest BCUT2D eigenvalue weighted by atomic mass is 10.1. The van der Waals surface area contributed by atoms with Gasteiger partial charge in [0.25, 0.3) is 0 Å². The lowest BCUT2D eigenvalue weighted by molar-refractivity contribution is 0.985. The van der Waals surface area contributed by atoms with E-state index >= 15 is 0 Å². The van der Waals surface area contributed by atoms with Crippen LogP contribution >= 0.6 is 0 Å². The average Bonchev–Trinajstić information content (AvgIpc) is 3.71. The standard InChI is InChI=1S/C37H26N6/c1-3-30-31(4-2)43-36-34(28-22-14-15-23-32(28)41(36)27-20-12-7-13-21-27)40-37(43)42(30)33-24-29(25-16-8-5-9-17-25)38-35(39-33)26-18-10-6-11-19-26/h3-24H,1-2H2. The van der Waals surface area contributed by atoms with E-state index in [0.717, 1.165) is 61.7 Å². The van der Waals surface area contributed by atoms with Crippen molar-refractivity contribution in [3.63, 3.8) is 0 Å². The molecule has 0 aliphatic carbocycles. The molecular formula is C37H26N6. The largest absolute Gasteiger partial charge is 0.294 e. The van der Waals surface area contributed by atoms with Crippen LogP contribution in [-0.4, -0.2) is 28.5 Å². The summed E-state index contributed by atoms with van der Waals surface area (Å²) in [5, 5.41) is 1.07. The molecule has 204 valence electrons. The molecule has 8 rings (SSSR count). The normalized spacial score (nSPS) is 11.4. The van der Waals surface area contributed by atoms with E-state index in [2.05, 4.69) is 87.4 Å². The quantitative estimate of drug-likeness (QED) is 0.207. The maximum atomic E-state index is 5.30. The van der Waals surface area contributed by atoms with Gasteiger partial charge >= 0.3 is 0 Å². The molecule has 8 aromatic rings. The van der Waals surface area contributed by atoms with Crippen molar-refractivity contribution in [3.8, 4) is 34.2 Å². The number of benzene rings is 4. The van der Waals surface area contributed by atoms with E-state index in [-0.39, 0.29) is 0 Å². The number of rotatable bonds is 6. The van der Waals surface area contributed by atoms with Gasteiger partial charge in [0.1, 0.15) is 11.3 Å². The van der Waals surface area contributed by atoms with Gasteiger partial charge in [0.2, 0.25) is 5.78 Å². The molecule has 4 heterocycles. The number of para-hydroxylation sites is 2. The maximum absolute atomic E-state index is 5.30. The Morgan fingerprint density at radius 3 is 1.91 bits per heavy atom. The summed E-state index contributed by atoms with van der Waals surface area (Å²) in [6.45, 7) is 8.42. The predicted octanol–water partition coefficient (Wildman–Crippen LogP) is 8.63. The van der Waals surface area contributed by atoms with Crippen LogP contribution in [0, 0.1) is 0 Å². The molecule has 43 heavy (non-hydrogen) atoms. The van der Waals surface area contributed by atoms with Gasteiger partial charge in [-0.1, -0.05) is 110 Å². The zero-order chi connectivity index (χ0) is 28.9. The first-order valence-corrected chi connectivity index (χ1v) is 14.1. The van der Waals surface area contributed by atoms with E-state index < -0.39 is 0 Å². The third kappa shape index (κ3) is 3.77. The minimum absolute atomic E-state index is 0.634. The van der Waals surface area contributed by atoms with Crippen LogP contribution in [0.4, 0.5) is 0 Å². The Kier molecular flexibility index (Phi) is 5.65. The molecule has 4 aromatic carbocycles. The van der Waals surface area contributed by atoms with Crippen molar-refractivity contribution >= 4 is 40.0 Å². The average molecular weight is 555 g/mol. The van der Waals surface area contributed by atoms with Crippen LogP contribution in [0.3, 0.4) is 0 Å². The van der Waals surface area contributed by atoms with E-state index in [0.29, 0.717) is 11.6 Å². The van der Waals surface area contributed by atoms with Crippen LogP contribution in [0.25, 0.3) is 74.1 Å². The number of imidazole rings is 2. The zero-order valence-electron chi connectivity index (χ0n) is 23.3. The van der Waals surface area contributed by atoms with Gasteiger partial charge in [0.15, 0.2) is 11.5 Å². The van der Waals surface area contributed by atoms with Gasteiger partial charge in [0.05, 0.1) is 22.6 Å². The highest BCUT2D eigenvalue weighted by molar-refractivity contribution is 6.07. The molecular weight excluding hydrogens is 528 g/mol. The van der Waals surface area contributed by atoms with Gasteiger partial charge in [0, 0.05) is 28.3 Å². The first-order chi connectivity index (χ1) is 21.3. The Morgan fingerprint density at radius 1 is 0.581 bits per heavy atom. The highest BCUT2D eigenvalue weighted by Gasteiger charge is 2.26. The first-order valence-electron chi connectivity index (χ1n) is 14.1. The van der Waals surface area contributed by atoms with Crippen molar-refractivity contribution in [1.82, 2.24) is 28.5 Å². The molecule has 0 unspecified atom stereocenters. The van der Waals surface area contributed by atoms with Crippen LogP contribution in [0.5, 0.6) is 0 Å². The second kappa shape index (κ2) is 9.82. The molecule has 0 bridgehead atoms. The summed E-state index contributed by atoms with van der Waals surface area (Å²) in [5.41, 5.74) is 8.50. The lowest BCUT2D eigenvalue weighted by Crippen LogP contribution is -2.04. The Bertz CT molecular complexity index is 2250.